The maximum absolute atomic E-state index is 3.58. The van der Waals surface area contributed by atoms with Crippen molar-refractivity contribution in [3.63, 3.8) is 0 Å². The highest BCUT2D eigenvalue weighted by atomic mass is 15.1. The van der Waals surface area contributed by atoms with Gasteiger partial charge in [-0.2, -0.15) is 0 Å². The molecule has 1 aliphatic heterocycles. The topological polar surface area (TPSA) is 15.3 Å². The molecule has 0 aromatic carbocycles. The van der Waals surface area contributed by atoms with Crippen molar-refractivity contribution in [1.29, 1.82) is 0 Å². The van der Waals surface area contributed by atoms with Crippen LogP contribution in [0, 0.1) is 16.7 Å². The van der Waals surface area contributed by atoms with E-state index in [9.17, 15) is 0 Å². The van der Waals surface area contributed by atoms with Gasteiger partial charge in [0.15, 0.2) is 0 Å². The average Bonchev–Trinajstić information content (AvgIpc) is 2.56. The molecule has 106 valence electrons. The standard InChI is InChI=1S/C16H32N2/c1-15(2)8-10-18(11-9-15)12-13-6-7-16(3,4)14(13)17-5/h13-14,17H,6-12H2,1-5H3. The lowest BCUT2D eigenvalue weighted by Gasteiger charge is -2.39. The van der Waals surface area contributed by atoms with Gasteiger partial charge in [-0.1, -0.05) is 27.7 Å². The molecule has 0 aromatic heterocycles. The Morgan fingerprint density at radius 1 is 1.06 bits per heavy atom. The molecule has 1 aliphatic carbocycles. The quantitative estimate of drug-likeness (QED) is 0.830. The Labute approximate surface area is 114 Å². The van der Waals surface area contributed by atoms with Gasteiger partial charge in [0, 0.05) is 12.6 Å². The van der Waals surface area contributed by atoms with E-state index in [2.05, 4.69) is 45.0 Å². The first kappa shape index (κ1) is 14.3. The van der Waals surface area contributed by atoms with Gasteiger partial charge in [-0.3, -0.25) is 0 Å². The maximum Gasteiger partial charge on any atom is 0.0156 e. The van der Waals surface area contributed by atoms with Crippen LogP contribution in [0.2, 0.25) is 0 Å². The monoisotopic (exact) mass is 252 g/mol. The zero-order valence-electron chi connectivity index (χ0n) is 13.1. The van der Waals surface area contributed by atoms with Crippen LogP contribution in [0.3, 0.4) is 0 Å². The molecule has 2 unspecified atom stereocenters. The Kier molecular flexibility index (Phi) is 4.08. The van der Waals surface area contributed by atoms with Gasteiger partial charge in [-0.25, -0.2) is 0 Å². The van der Waals surface area contributed by atoms with E-state index in [4.69, 9.17) is 0 Å². The predicted octanol–water partition coefficient (Wildman–Crippen LogP) is 3.13. The van der Waals surface area contributed by atoms with Crippen LogP contribution in [0.5, 0.6) is 0 Å². The fraction of sp³-hybridized carbons (Fsp3) is 1.00. The van der Waals surface area contributed by atoms with Crippen LogP contribution in [0.1, 0.15) is 53.4 Å². The number of nitrogens with one attached hydrogen (secondary N) is 1. The zero-order chi connectivity index (χ0) is 13.4. The third-order valence-corrected chi connectivity index (χ3v) is 5.49. The fourth-order valence-electron chi connectivity index (χ4n) is 4.01. The lowest BCUT2D eigenvalue weighted by atomic mass is 9.81. The molecule has 2 rings (SSSR count). The van der Waals surface area contributed by atoms with Crippen molar-refractivity contribution >= 4 is 0 Å². The molecule has 18 heavy (non-hydrogen) atoms. The van der Waals surface area contributed by atoms with Crippen LogP contribution in [0.15, 0.2) is 0 Å². The highest BCUT2D eigenvalue weighted by Gasteiger charge is 2.41. The van der Waals surface area contributed by atoms with Crippen molar-refractivity contribution < 1.29 is 0 Å². The van der Waals surface area contributed by atoms with Crippen LogP contribution in [0.4, 0.5) is 0 Å². The summed E-state index contributed by atoms with van der Waals surface area (Å²) in [7, 11) is 2.14. The lowest BCUT2D eigenvalue weighted by molar-refractivity contribution is 0.107. The van der Waals surface area contributed by atoms with Crippen LogP contribution >= 0.6 is 0 Å². The Hall–Kier alpha value is -0.0800. The summed E-state index contributed by atoms with van der Waals surface area (Å²) in [5, 5.41) is 3.58. The van der Waals surface area contributed by atoms with Gasteiger partial charge in [0.1, 0.15) is 0 Å². The number of nitrogens with zero attached hydrogens (tertiary/aromatic N) is 1. The van der Waals surface area contributed by atoms with E-state index in [1.54, 1.807) is 0 Å². The number of hydrogen-bond donors (Lipinski definition) is 1. The minimum atomic E-state index is 0.481. The van der Waals surface area contributed by atoms with E-state index >= 15 is 0 Å². The van der Waals surface area contributed by atoms with Crippen molar-refractivity contribution in [2.24, 2.45) is 16.7 Å². The SMILES string of the molecule is CNC1C(CN2CCC(C)(C)CC2)CCC1(C)C. The van der Waals surface area contributed by atoms with Gasteiger partial charge in [-0.15, -0.1) is 0 Å². The van der Waals surface area contributed by atoms with Crippen molar-refractivity contribution in [1.82, 2.24) is 10.2 Å². The second kappa shape index (κ2) is 5.13. The van der Waals surface area contributed by atoms with E-state index in [1.807, 2.05) is 0 Å². The average molecular weight is 252 g/mol. The molecular weight excluding hydrogens is 220 g/mol. The number of hydrogen-bond acceptors (Lipinski definition) is 2. The van der Waals surface area contributed by atoms with E-state index in [1.165, 1.54) is 45.3 Å². The molecule has 2 heteroatoms. The minimum absolute atomic E-state index is 0.481. The van der Waals surface area contributed by atoms with Gasteiger partial charge in [0.05, 0.1) is 0 Å². The normalized spacial score (nSPS) is 35.8. The lowest BCUT2D eigenvalue weighted by Crippen LogP contribution is -2.46. The molecule has 0 radical (unpaired) electrons. The smallest absolute Gasteiger partial charge is 0.0156 e. The minimum Gasteiger partial charge on any atom is -0.316 e. The van der Waals surface area contributed by atoms with E-state index in [0.29, 0.717) is 16.9 Å². The second-order valence-electron chi connectivity index (χ2n) is 8.02. The first-order valence-electron chi connectivity index (χ1n) is 7.74. The molecule has 1 N–H and O–H groups in total. The van der Waals surface area contributed by atoms with Gasteiger partial charge in [0.2, 0.25) is 0 Å². The Morgan fingerprint density at radius 3 is 2.22 bits per heavy atom. The highest BCUT2D eigenvalue weighted by Crippen LogP contribution is 2.42. The van der Waals surface area contributed by atoms with E-state index < -0.39 is 0 Å². The fourth-order valence-corrected chi connectivity index (χ4v) is 4.01. The van der Waals surface area contributed by atoms with Crippen LogP contribution in [-0.2, 0) is 0 Å². The van der Waals surface area contributed by atoms with E-state index in [-0.39, 0.29) is 0 Å². The summed E-state index contributed by atoms with van der Waals surface area (Å²) in [5.41, 5.74) is 1.06. The molecule has 2 atom stereocenters. The largest absolute Gasteiger partial charge is 0.316 e. The van der Waals surface area contributed by atoms with Crippen LogP contribution in [0.25, 0.3) is 0 Å². The molecule has 1 saturated heterocycles. The van der Waals surface area contributed by atoms with Crippen LogP contribution in [-0.4, -0.2) is 37.6 Å². The maximum atomic E-state index is 3.58. The Morgan fingerprint density at radius 2 is 1.67 bits per heavy atom. The molecule has 0 bridgehead atoms. The van der Waals surface area contributed by atoms with Gasteiger partial charge >= 0.3 is 0 Å². The third-order valence-electron chi connectivity index (χ3n) is 5.49. The van der Waals surface area contributed by atoms with Gasteiger partial charge in [-0.05, 0) is 62.6 Å². The molecule has 2 nitrogen and oxygen atoms in total. The van der Waals surface area contributed by atoms with Crippen molar-refractivity contribution in [3.05, 3.63) is 0 Å². The first-order chi connectivity index (χ1) is 8.34. The molecule has 0 amide bonds. The molecule has 1 heterocycles. The second-order valence-corrected chi connectivity index (χ2v) is 8.02. The predicted molar refractivity (Wildman–Crippen MR) is 78.8 cm³/mol. The van der Waals surface area contributed by atoms with Crippen molar-refractivity contribution in [3.8, 4) is 0 Å². The summed E-state index contributed by atoms with van der Waals surface area (Å²) < 4.78 is 0. The summed E-state index contributed by atoms with van der Waals surface area (Å²) in [6, 6.07) is 0.701. The summed E-state index contributed by atoms with van der Waals surface area (Å²) in [4.78, 5) is 2.71. The summed E-state index contributed by atoms with van der Waals surface area (Å²) >= 11 is 0. The molecular formula is C16H32N2. The molecule has 0 aromatic rings. The molecule has 0 spiro atoms. The molecule has 2 aliphatic rings. The summed E-state index contributed by atoms with van der Waals surface area (Å²) in [5.74, 6) is 0.853. The number of likely N-dealkylation sites (tertiary alicyclic amines) is 1. The summed E-state index contributed by atoms with van der Waals surface area (Å²) in [6.45, 7) is 13.6. The van der Waals surface area contributed by atoms with Crippen molar-refractivity contribution in [2.45, 2.75) is 59.4 Å². The van der Waals surface area contributed by atoms with E-state index in [0.717, 1.165) is 5.92 Å². The molecule has 1 saturated carbocycles. The zero-order valence-corrected chi connectivity index (χ0v) is 13.1. The number of piperidine rings is 1. The highest BCUT2D eigenvalue weighted by molar-refractivity contribution is 4.97. The summed E-state index contributed by atoms with van der Waals surface area (Å²) in [6.07, 6.45) is 5.52. The number of rotatable bonds is 3. The first-order valence-corrected chi connectivity index (χ1v) is 7.74. The molecule has 2 fully saturated rings. The Bertz CT molecular complexity index is 273. The van der Waals surface area contributed by atoms with Crippen molar-refractivity contribution in [2.75, 3.05) is 26.7 Å². The van der Waals surface area contributed by atoms with Gasteiger partial charge < -0.3 is 10.2 Å². The van der Waals surface area contributed by atoms with Crippen LogP contribution < -0.4 is 5.32 Å². The Balaban J connectivity index is 1.87. The third kappa shape index (κ3) is 3.08. The van der Waals surface area contributed by atoms with Gasteiger partial charge in [0.25, 0.3) is 0 Å².